The number of benzene rings is 1. The first-order valence-corrected chi connectivity index (χ1v) is 10.5. The van der Waals surface area contributed by atoms with Crippen LogP contribution in [-0.2, 0) is 11.3 Å². The molecule has 2 aromatic heterocycles. The Bertz CT molecular complexity index is 1080. The van der Waals surface area contributed by atoms with Gasteiger partial charge in [-0.3, -0.25) is 14.6 Å². The number of rotatable bonds is 6. The summed E-state index contributed by atoms with van der Waals surface area (Å²) < 4.78 is 14.7. The van der Waals surface area contributed by atoms with Gasteiger partial charge in [0.1, 0.15) is 11.6 Å². The average Bonchev–Trinajstić information content (AvgIpc) is 3.22. The van der Waals surface area contributed by atoms with Crippen LogP contribution >= 0.6 is 0 Å². The number of halogens is 1. The number of amides is 2. The largest absolute Gasteiger partial charge is 0.394 e. The first-order chi connectivity index (χ1) is 15.5. The van der Waals surface area contributed by atoms with E-state index in [0.29, 0.717) is 43.0 Å². The number of aliphatic hydroxyl groups is 1. The van der Waals surface area contributed by atoms with E-state index < -0.39 is 0 Å². The van der Waals surface area contributed by atoms with Crippen LogP contribution in [0.3, 0.4) is 0 Å². The van der Waals surface area contributed by atoms with Crippen molar-refractivity contribution in [1.29, 1.82) is 0 Å². The molecule has 1 saturated heterocycles. The highest BCUT2D eigenvalue weighted by atomic mass is 19.1. The van der Waals surface area contributed by atoms with Gasteiger partial charge in [0.15, 0.2) is 0 Å². The smallest absolute Gasteiger partial charge is 0.253 e. The van der Waals surface area contributed by atoms with Gasteiger partial charge in [0, 0.05) is 48.6 Å². The van der Waals surface area contributed by atoms with E-state index in [9.17, 15) is 19.1 Å². The molecular weight excluding hydrogens is 413 g/mol. The fourth-order valence-electron chi connectivity index (χ4n) is 3.79. The second kappa shape index (κ2) is 9.69. The summed E-state index contributed by atoms with van der Waals surface area (Å²) in [6.45, 7) is 1.04. The molecule has 0 bridgehead atoms. The summed E-state index contributed by atoms with van der Waals surface area (Å²) >= 11 is 0. The second-order valence-electron chi connectivity index (χ2n) is 7.67. The zero-order chi connectivity index (χ0) is 22.5. The van der Waals surface area contributed by atoms with Gasteiger partial charge in [0.25, 0.3) is 5.91 Å². The molecule has 0 spiro atoms. The van der Waals surface area contributed by atoms with Gasteiger partial charge in [-0.1, -0.05) is 0 Å². The van der Waals surface area contributed by atoms with Crippen LogP contribution in [0.4, 0.5) is 10.2 Å². The molecule has 0 saturated carbocycles. The lowest BCUT2D eigenvalue weighted by Gasteiger charge is -2.31. The average molecular weight is 437 g/mol. The maximum absolute atomic E-state index is 13.1. The molecule has 3 aromatic rings. The standard InChI is InChI=1S/C23H24FN5O3/c24-19-5-3-17(4-6-19)23(32)28-10-7-16(8-11-28)22(31)26-21-14-20(27-29(21)12-13-30)18-2-1-9-25-15-18/h1-6,9,14-16,30H,7-8,10-13H2,(H,26,31). The van der Waals surface area contributed by atoms with Crippen molar-refractivity contribution in [3.05, 3.63) is 66.2 Å². The highest BCUT2D eigenvalue weighted by molar-refractivity contribution is 5.95. The Labute approximate surface area is 184 Å². The Hall–Kier alpha value is -3.59. The fourth-order valence-corrected chi connectivity index (χ4v) is 3.79. The molecule has 3 heterocycles. The van der Waals surface area contributed by atoms with Crippen molar-refractivity contribution in [3.63, 3.8) is 0 Å². The molecule has 1 aromatic carbocycles. The molecule has 166 valence electrons. The van der Waals surface area contributed by atoms with Crippen molar-refractivity contribution in [2.24, 2.45) is 5.92 Å². The van der Waals surface area contributed by atoms with Gasteiger partial charge in [-0.15, -0.1) is 0 Å². The van der Waals surface area contributed by atoms with E-state index in [2.05, 4.69) is 15.4 Å². The van der Waals surface area contributed by atoms with Gasteiger partial charge in [-0.05, 0) is 49.2 Å². The summed E-state index contributed by atoms with van der Waals surface area (Å²) in [6, 6.07) is 10.9. The number of hydrogen-bond acceptors (Lipinski definition) is 5. The molecule has 0 aliphatic carbocycles. The van der Waals surface area contributed by atoms with Crippen molar-refractivity contribution >= 4 is 17.6 Å². The number of aromatic nitrogens is 3. The molecule has 1 fully saturated rings. The van der Waals surface area contributed by atoms with Gasteiger partial charge >= 0.3 is 0 Å². The van der Waals surface area contributed by atoms with Gasteiger partial charge in [-0.25, -0.2) is 9.07 Å². The Balaban J connectivity index is 1.39. The van der Waals surface area contributed by atoms with E-state index in [1.54, 1.807) is 34.1 Å². The van der Waals surface area contributed by atoms with Crippen LogP contribution in [0, 0.1) is 11.7 Å². The topological polar surface area (TPSA) is 100 Å². The first kappa shape index (κ1) is 21.6. The number of pyridine rings is 1. The zero-order valence-corrected chi connectivity index (χ0v) is 17.4. The van der Waals surface area contributed by atoms with Crippen LogP contribution in [0.15, 0.2) is 54.9 Å². The minimum atomic E-state index is -0.385. The molecule has 0 radical (unpaired) electrons. The van der Waals surface area contributed by atoms with Gasteiger partial charge in [0.05, 0.1) is 18.8 Å². The summed E-state index contributed by atoms with van der Waals surface area (Å²) in [6.07, 6.45) is 4.42. The molecule has 8 nitrogen and oxygen atoms in total. The third-order valence-corrected chi connectivity index (χ3v) is 5.54. The number of nitrogens with zero attached hydrogens (tertiary/aromatic N) is 4. The second-order valence-corrected chi connectivity index (χ2v) is 7.67. The maximum atomic E-state index is 13.1. The molecule has 2 amide bonds. The van der Waals surface area contributed by atoms with E-state index in [1.165, 1.54) is 24.3 Å². The molecule has 2 N–H and O–H groups in total. The summed E-state index contributed by atoms with van der Waals surface area (Å²) in [5.74, 6) is -0.426. The Kier molecular flexibility index (Phi) is 6.55. The normalized spacial score (nSPS) is 14.4. The number of carbonyl (C=O) groups excluding carboxylic acids is 2. The van der Waals surface area contributed by atoms with Crippen LogP contribution in [0.25, 0.3) is 11.3 Å². The quantitative estimate of drug-likeness (QED) is 0.617. The number of anilines is 1. The number of likely N-dealkylation sites (tertiary alicyclic amines) is 1. The summed E-state index contributed by atoms with van der Waals surface area (Å²) in [4.78, 5) is 31.3. The molecule has 1 aliphatic rings. The Morgan fingerprint density at radius 3 is 2.56 bits per heavy atom. The van der Waals surface area contributed by atoms with E-state index >= 15 is 0 Å². The molecule has 0 atom stereocenters. The maximum Gasteiger partial charge on any atom is 0.253 e. The molecule has 1 aliphatic heterocycles. The van der Waals surface area contributed by atoms with Crippen molar-refractivity contribution in [2.75, 3.05) is 25.0 Å². The SMILES string of the molecule is O=C(Nc1cc(-c2cccnc2)nn1CCO)C1CCN(C(=O)c2ccc(F)cc2)CC1. The lowest BCUT2D eigenvalue weighted by Crippen LogP contribution is -2.41. The molecular formula is C23H24FN5O3. The molecule has 9 heteroatoms. The fraction of sp³-hybridized carbons (Fsp3) is 0.304. The summed E-state index contributed by atoms with van der Waals surface area (Å²) in [5, 5.41) is 16.7. The zero-order valence-electron chi connectivity index (χ0n) is 17.4. The van der Waals surface area contributed by atoms with E-state index in [1.807, 2.05) is 6.07 Å². The lowest BCUT2D eigenvalue weighted by molar-refractivity contribution is -0.121. The highest BCUT2D eigenvalue weighted by Gasteiger charge is 2.28. The Morgan fingerprint density at radius 1 is 1.16 bits per heavy atom. The predicted molar refractivity (Wildman–Crippen MR) is 116 cm³/mol. The van der Waals surface area contributed by atoms with Crippen LogP contribution in [0.1, 0.15) is 23.2 Å². The number of carbonyl (C=O) groups is 2. The lowest BCUT2D eigenvalue weighted by atomic mass is 9.95. The van der Waals surface area contributed by atoms with Crippen molar-refractivity contribution in [1.82, 2.24) is 19.7 Å². The Morgan fingerprint density at radius 2 is 1.91 bits per heavy atom. The van der Waals surface area contributed by atoms with Gasteiger partial charge in [0.2, 0.25) is 5.91 Å². The van der Waals surface area contributed by atoms with Crippen LogP contribution in [0.2, 0.25) is 0 Å². The molecule has 32 heavy (non-hydrogen) atoms. The third kappa shape index (κ3) is 4.83. The number of piperidine rings is 1. The van der Waals surface area contributed by atoms with E-state index in [-0.39, 0.29) is 36.7 Å². The third-order valence-electron chi connectivity index (χ3n) is 5.54. The van der Waals surface area contributed by atoms with Gasteiger partial charge < -0.3 is 15.3 Å². The summed E-state index contributed by atoms with van der Waals surface area (Å²) in [5.41, 5.74) is 1.90. The number of nitrogens with one attached hydrogen (secondary N) is 1. The molecule has 0 unspecified atom stereocenters. The molecule has 4 rings (SSSR count). The minimum Gasteiger partial charge on any atom is -0.394 e. The monoisotopic (exact) mass is 437 g/mol. The van der Waals surface area contributed by atoms with Crippen LogP contribution < -0.4 is 5.32 Å². The van der Waals surface area contributed by atoms with Crippen molar-refractivity contribution in [3.8, 4) is 11.3 Å². The number of aliphatic hydroxyl groups excluding tert-OH is 1. The van der Waals surface area contributed by atoms with Crippen LogP contribution in [-0.4, -0.2) is 56.3 Å². The predicted octanol–water partition coefficient (Wildman–Crippen LogP) is 2.57. The van der Waals surface area contributed by atoms with Gasteiger partial charge in [-0.2, -0.15) is 5.10 Å². The summed E-state index contributed by atoms with van der Waals surface area (Å²) in [7, 11) is 0. The minimum absolute atomic E-state index is 0.110. The van der Waals surface area contributed by atoms with Crippen molar-refractivity contribution in [2.45, 2.75) is 19.4 Å². The first-order valence-electron chi connectivity index (χ1n) is 10.5. The van der Waals surface area contributed by atoms with Crippen molar-refractivity contribution < 1.29 is 19.1 Å². The highest BCUT2D eigenvalue weighted by Crippen LogP contribution is 2.24. The van der Waals surface area contributed by atoms with E-state index in [4.69, 9.17) is 0 Å². The van der Waals surface area contributed by atoms with Crippen LogP contribution in [0.5, 0.6) is 0 Å². The number of hydrogen-bond donors (Lipinski definition) is 2. The van der Waals surface area contributed by atoms with E-state index in [0.717, 1.165) is 5.56 Å².